The Morgan fingerprint density at radius 1 is 0.789 bits per heavy atom. The number of rotatable bonds is 12. The van der Waals surface area contributed by atoms with Crippen LogP contribution in [0.4, 0.5) is 4.79 Å². The number of carbonyl (C=O) groups excluding carboxylic acids is 5. The summed E-state index contributed by atoms with van der Waals surface area (Å²) in [6.07, 6.45) is -1.41. The third-order valence-corrected chi connectivity index (χ3v) is 5.67. The van der Waals surface area contributed by atoms with Crippen molar-refractivity contribution in [2.24, 2.45) is 5.73 Å². The Hall–Kier alpha value is -4.94. The number of carboxylic acid groups (broad SMARTS) is 1. The Bertz CT molecular complexity index is 1200. The minimum atomic E-state index is -1.53. The smallest absolute Gasteiger partial charge is 0.407 e. The van der Waals surface area contributed by atoms with Gasteiger partial charge < -0.3 is 36.8 Å². The molecule has 0 unspecified atom stereocenters. The van der Waals surface area contributed by atoms with Gasteiger partial charge in [0, 0.05) is 5.92 Å². The molecule has 200 valence electrons. The number of hydrogen-bond acceptors (Lipinski definition) is 7. The number of ether oxygens (including phenoxy) is 1. The van der Waals surface area contributed by atoms with Crippen LogP contribution in [0.5, 0.6) is 0 Å². The molecule has 2 aromatic rings. The Morgan fingerprint density at radius 2 is 1.29 bits per heavy atom. The zero-order valence-corrected chi connectivity index (χ0v) is 20.2. The zero-order chi connectivity index (χ0) is 27.7. The van der Waals surface area contributed by atoms with Crippen LogP contribution < -0.4 is 27.0 Å². The first-order chi connectivity index (χ1) is 18.2. The van der Waals surface area contributed by atoms with E-state index in [0.29, 0.717) is 0 Å². The van der Waals surface area contributed by atoms with Gasteiger partial charge in [0.15, 0.2) is 0 Å². The number of primary amides is 1. The Labute approximate surface area is 217 Å². The van der Waals surface area contributed by atoms with E-state index in [1.54, 1.807) is 0 Å². The lowest BCUT2D eigenvalue weighted by Gasteiger charge is -2.14. The van der Waals surface area contributed by atoms with Crippen molar-refractivity contribution < 1.29 is 38.6 Å². The largest absolute Gasteiger partial charge is 0.480 e. The molecule has 5 amide bonds. The average Bonchev–Trinajstić information content (AvgIpc) is 3.21. The van der Waals surface area contributed by atoms with Gasteiger partial charge in [0.2, 0.25) is 23.6 Å². The molecule has 0 bridgehead atoms. The first-order valence-electron chi connectivity index (χ1n) is 11.6. The minimum absolute atomic E-state index is 0.0775. The summed E-state index contributed by atoms with van der Waals surface area (Å²) in [5, 5.41) is 17.8. The summed E-state index contributed by atoms with van der Waals surface area (Å²) in [4.78, 5) is 69.5. The van der Waals surface area contributed by atoms with Crippen LogP contribution in [0.25, 0.3) is 11.1 Å². The highest BCUT2D eigenvalue weighted by Gasteiger charge is 2.29. The molecule has 7 N–H and O–H groups in total. The molecule has 38 heavy (non-hydrogen) atoms. The predicted molar refractivity (Wildman–Crippen MR) is 132 cm³/mol. The first-order valence-corrected chi connectivity index (χ1v) is 11.6. The maximum Gasteiger partial charge on any atom is 0.407 e. The van der Waals surface area contributed by atoms with Gasteiger partial charge in [0.1, 0.15) is 19.2 Å². The normalized spacial score (nSPS) is 12.3. The van der Waals surface area contributed by atoms with Crippen LogP contribution in [0, 0.1) is 0 Å². The van der Waals surface area contributed by atoms with Gasteiger partial charge in [-0.1, -0.05) is 48.5 Å². The van der Waals surface area contributed by atoms with E-state index in [4.69, 9.17) is 15.6 Å². The SMILES string of the molecule is NC(=O)C[C@H](NC(=O)CNC(=O)CNC(=O)CNC(=O)OCC1c2ccccc2-c2ccccc21)C(=O)O. The monoisotopic (exact) mass is 525 g/mol. The molecule has 0 aliphatic heterocycles. The van der Waals surface area contributed by atoms with E-state index in [1.165, 1.54) is 0 Å². The number of nitrogens with one attached hydrogen (secondary N) is 4. The molecular weight excluding hydrogens is 498 g/mol. The van der Waals surface area contributed by atoms with Gasteiger partial charge in [-0.3, -0.25) is 19.2 Å². The Kier molecular flexibility index (Phi) is 9.35. The van der Waals surface area contributed by atoms with E-state index in [9.17, 15) is 28.8 Å². The van der Waals surface area contributed by atoms with Gasteiger partial charge in [-0.25, -0.2) is 9.59 Å². The number of hydrogen-bond donors (Lipinski definition) is 6. The third-order valence-electron chi connectivity index (χ3n) is 5.67. The molecule has 0 saturated heterocycles. The molecule has 0 radical (unpaired) electrons. The van der Waals surface area contributed by atoms with Crippen molar-refractivity contribution in [1.29, 1.82) is 0 Å². The molecule has 0 heterocycles. The fraction of sp³-hybridized carbons (Fsp3) is 0.280. The summed E-state index contributed by atoms with van der Waals surface area (Å²) in [5.41, 5.74) is 9.18. The summed E-state index contributed by atoms with van der Waals surface area (Å²) in [6.45, 7) is -1.46. The van der Waals surface area contributed by atoms with E-state index in [0.717, 1.165) is 22.3 Å². The summed E-state index contributed by atoms with van der Waals surface area (Å²) in [7, 11) is 0. The molecule has 0 aromatic heterocycles. The second-order valence-corrected chi connectivity index (χ2v) is 8.36. The molecule has 1 aliphatic carbocycles. The quantitative estimate of drug-likeness (QED) is 0.206. The molecule has 2 aromatic carbocycles. The number of benzene rings is 2. The van der Waals surface area contributed by atoms with Crippen LogP contribution in [0.1, 0.15) is 23.5 Å². The van der Waals surface area contributed by atoms with Gasteiger partial charge in [-0.15, -0.1) is 0 Å². The minimum Gasteiger partial charge on any atom is -0.480 e. The molecule has 1 atom stereocenters. The van der Waals surface area contributed by atoms with E-state index < -0.39 is 67.8 Å². The number of amides is 5. The average molecular weight is 526 g/mol. The van der Waals surface area contributed by atoms with Crippen LogP contribution >= 0.6 is 0 Å². The second kappa shape index (κ2) is 12.9. The lowest BCUT2D eigenvalue weighted by molar-refractivity contribution is -0.143. The number of alkyl carbamates (subject to hydrolysis) is 1. The van der Waals surface area contributed by atoms with Crippen LogP contribution in [-0.4, -0.2) is 73.1 Å². The van der Waals surface area contributed by atoms with E-state index >= 15 is 0 Å². The number of fused-ring (bicyclic) bond motifs is 3. The maximum absolute atomic E-state index is 12.1. The summed E-state index contributed by atoms with van der Waals surface area (Å²) >= 11 is 0. The summed E-state index contributed by atoms with van der Waals surface area (Å²) < 4.78 is 5.33. The van der Waals surface area contributed by atoms with Crippen LogP contribution in [-0.2, 0) is 28.7 Å². The Morgan fingerprint density at radius 3 is 1.82 bits per heavy atom. The lowest BCUT2D eigenvalue weighted by atomic mass is 9.98. The Balaban J connectivity index is 1.35. The van der Waals surface area contributed by atoms with Crippen molar-refractivity contribution in [3.63, 3.8) is 0 Å². The topological polar surface area (TPSA) is 206 Å². The summed E-state index contributed by atoms with van der Waals surface area (Å²) in [5.74, 6) is -4.79. The maximum atomic E-state index is 12.1. The van der Waals surface area contributed by atoms with Gasteiger partial charge >= 0.3 is 12.1 Å². The van der Waals surface area contributed by atoms with Crippen molar-refractivity contribution in [2.75, 3.05) is 26.2 Å². The highest BCUT2D eigenvalue weighted by Crippen LogP contribution is 2.44. The molecule has 13 nitrogen and oxygen atoms in total. The molecule has 3 rings (SSSR count). The second-order valence-electron chi connectivity index (χ2n) is 8.36. The fourth-order valence-corrected chi connectivity index (χ4v) is 3.93. The number of carbonyl (C=O) groups is 6. The van der Waals surface area contributed by atoms with Crippen molar-refractivity contribution in [2.45, 2.75) is 18.4 Å². The van der Waals surface area contributed by atoms with E-state index in [1.807, 2.05) is 53.8 Å². The summed E-state index contributed by atoms with van der Waals surface area (Å²) in [6, 6.07) is 14.2. The van der Waals surface area contributed by atoms with Gasteiger partial charge in [0.05, 0.1) is 19.5 Å². The van der Waals surface area contributed by atoms with Crippen molar-refractivity contribution in [3.05, 3.63) is 59.7 Å². The molecular formula is C25H27N5O8. The molecule has 1 aliphatic rings. The highest BCUT2D eigenvalue weighted by atomic mass is 16.5. The van der Waals surface area contributed by atoms with Gasteiger partial charge in [-0.05, 0) is 22.3 Å². The number of nitrogens with two attached hydrogens (primary N) is 1. The molecule has 0 fully saturated rings. The standard InChI is InChI=1S/C25H27N5O8/c26-20(31)9-19(24(35)36)30-23(34)12-28-21(32)10-27-22(33)11-29-25(37)38-13-18-16-7-3-1-5-14(16)15-6-2-4-8-17(15)18/h1-8,18-19H,9-13H2,(H2,26,31)(H,27,33)(H,28,32)(H,29,37)(H,30,34)(H,35,36)/t19-/m0/s1. The fourth-order valence-electron chi connectivity index (χ4n) is 3.93. The lowest BCUT2D eigenvalue weighted by Crippen LogP contribution is -2.48. The molecule has 13 heteroatoms. The number of carboxylic acids is 1. The van der Waals surface area contributed by atoms with Gasteiger partial charge in [0.25, 0.3) is 0 Å². The highest BCUT2D eigenvalue weighted by molar-refractivity contribution is 5.92. The van der Waals surface area contributed by atoms with Crippen LogP contribution in [0.3, 0.4) is 0 Å². The third kappa shape index (κ3) is 7.53. The number of aliphatic carboxylic acids is 1. The van der Waals surface area contributed by atoms with E-state index in [-0.39, 0.29) is 12.5 Å². The zero-order valence-electron chi connectivity index (χ0n) is 20.2. The van der Waals surface area contributed by atoms with Crippen molar-refractivity contribution >= 4 is 35.7 Å². The van der Waals surface area contributed by atoms with Crippen LogP contribution in [0.2, 0.25) is 0 Å². The molecule has 0 spiro atoms. The van der Waals surface area contributed by atoms with Gasteiger partial charge in [-0.2, -0.15) is 0 Å². The van der Waals surface area contributed by atoms with Crippen LogP contribution in [0.15, 0.2) is 48.5 Å². The predicted octanol–water partition coefficient (Wildman–Crippen LogP) is -0.798. The van der Waals surface area contributed by atoms with Crippen molar-refractivity contribution in [1.82, 2.24) is 21.3 Å². The van der Waals surface area contributed by atoms with E-state index in [2.05, 4.69) is 16.0 Å². The first kappa shape index (κ1) is 27.6. The van der Waals surface area contributed by atoms with Crippen molar-refractivity contribution in [3.8, 4) is 11.1 Å². The molecule has 0 saturated carbocycles.